The predicted octanol–water partition coefficient (Wildman–Crippen LogP) is 1.90. The number of piperidine rings is 1. The third kappa shape index (κ3) is 2.31. The summed E-state index contributed by atoms with van der Waals surface area (Å²) < 4.78 is 5.23. The van der Waals surface area contributed by atoms with Crippen molar-refractivity contribution in [2.75, 3.05) is 20.2 Å². The molecule has 94 valence electrons. The molecule has 1 aromatic rings. The largest absolute Gasteiger partial charge is 0.497 e. The Balaban J connectivity index is 2.33. The van der Waals surface area contributed by atoms with Crippen molar-refractivity contribution in [2.45, 2.75) is 25.4 Å². The summed E-state index contributed by atoms with van der Waals surface area (Å²) in [6.07, 6.45) is 1.74. The summed E-state index contributed by atoms with van der Waals surface area (Å²) in [5.41, 5.74) is 0.263. The highest BCUT2D eigenvalue weighted by atomic mass is 16.5. The second kappa shape index (κ2) is 5.07. The summed E-state index contributed by atoms with van der Waals surface area (Å²) >= 11 is 0. The Bertz CT molecular complexity index is 380. The van der Waals surface area contributed by atoms with Crippen LogP contribution in [0, 0.1) is 5.92 Å². The molecule has 17 heavy (non-hydrogen) atoms. The lowest BCUT2D eigenvalue weighted by Crippen LogP contribution is -2.47. The molecule has 0 aromatic heterocycles. The summed E-state index contributed by atoms with van der Waals surface area (Å²) in [7, 11) is 1.66. The topological polar surface area (TPSA) is 41.5 Å². The van der Waals surface area contributed by atoms with Crippen LogP contribution in [0.3, 0.4) is 0 Å². The van der Waals surface area contributed by atoms with Crippen molar-refractivity contribution >= 4 is 0 Å². The molecule has 1 aromatic carbocycles. The van der Waals surface area contributed by atoms with E-state index < -0.39 is 5.60 Å². The highest BCUT2D eigenvalue weighted by Crippen LogP contribution is 2.37. The number of aliphatic hydroxyl groups is 1. The quantitative estimate of drug-likeness (QED) is 0.841. The summed E-state index contributed by atoms with van der Waals surface area (Å²) in [4.78, 5) is 0. The highest BCUT2D eigenvalue weighted by molar-refractivity contribution is 5.33. The first-order valence-electron chi connectivity index (χ1n) is 6.28. The lowest BCUT2D eigenvalue weighted by atomic mass is 9.75. The van der Waals surface area contributed by atoms with Gasteiger partial charge in [-0.05, 0) is 37.1 Å². The van der Waals surface area contributed by atoms with Gasteiger partial charge >= 0.3 is 0 Å². The lowest BCUT2D eigenvalue weighted by Gasteiger charge is -2.40. The molecule has 1 fully saturated rings. The van der Waals surface area contributed by atoms with E-state index in [0.29, 0.717) is 0 Å². The average molecular weight is 235 g/mol. The number of methoxy groups -OCH3 is 1. The number of hydrogen-bond donors (Lipinski definition) is 2. The Morgan fingerprint density at radius 1 is 1.53 bits per heavy atom. The van der Waals surface area contributed by atoms with E-state index in [4.69, 9.17) is 4.74 Å². The van der Waals surface area contributed by atoms with Crippen molar-refractivity contribution in [3.63, 3.8) is 0 Å². The van der Waals surface area contributed by atoms with Gasteiger partial charge in [-0.15, -0.1) is 0 Å². The molecule has 1 aliphatic rings. The Kier molecular flexibility index (Phi) is 3.69. The van der Waals surface area contributed by atoms with E-state index >= 15 is 0 Å². The zero-order valence-corrected chi connectivity index (χ0v) is 10.6. The molecular formula is C14H21NO2. The first-order valence-corrected chi connectivity index (χ1v) is 6.28. The van der Waals surface area contributed by atoms with Gasteiger partial charge in [0.25, 0.3) is 0 Å². The number of ether oxygens (including phenoxy) is 1. The van der Waals surface area contributed by atoms with Crippen LogP contribution in [0.5, 0.6) is 5.75 Å². The average Bonchev–Trinajstić information content (AvgIpc) is 2.39. The van der Waals surface area contributed by atoms with Crippen LogP contribution < -0.4 is 10.1 Å². The van der Waals surface area contributed by atoms with Crippen LogP contribution in [-0.4, -0.2) is 25.3 Å². The molecule has 0 spiro atoms. The molecule has 0 saturated carbocycles. The molecule has 0 bridgehead atoms. The van der Waals surface area contributed by atoms with Gasteiger partial charge in [0.2, 0.25) is 0 Å². The normalized spacial score (nSPS) is 29.0. The Labute approximate surface area is 103 Å². The van der Waals surface area contributed by atoms with Crippen molar-refractivity contribution in [2.24, 2.45) is 5.92 Å². The van der Waals surface area contributed by atoms with Crippen LogP contribution in [0.1, 0.15) is 25.3 Å². The molecule has 0 aliphatic carbocycles. The summed E-state index contributed by atoms with van der Waals surface area (Å²) in [5.74, 6) is 1.08. The van der Waals surface area contributed by atoms with Gasteiger partial charge in [-0.3, -0.25) is 0 Å². The second-order valence-corrected chi connectivity index (χ2v) is 4.72. The highest BCUT2D eigenvalue weighted by Gasteiger charge is 2.39. The lowest BCUT2D eigenvalue weighted by molar-refractivity contribution is -0.0479. The first-order chi connectivity index (χ1) is 8.20. The van der Waals surface area contributed by atoms with Crippen LogP contribution >= 0.6 is 0 Å². The van der Waals surface area contributed by atoms with E-state index in [1.54, 1.807) is 7.11 Å². The van der Waals surface area contributed by atoms with E-state index in [0.717, 1.165) is 37.2 Å². The minimum atomic E-state index is -0.714. The second-order valence-electron chi connectivity index (χ2n) is 4.72. The molecule has 2 rings (SSSR count). The molecule has 0 radical (unpaired) electrons. The molecule has 0 amide bonds. The van der Waals surface area contributed by atoms with Crippen LogP contribution in [0.15, 0.2) is 24.3 Å². The Hall–Kier alpha value is -1.06. The fraction of sp³-hybridized carbons (Fsp3) is 0.571. The van der Waals surface area contributed by atoms with Crippen LogP contribution in [-0.2, 0) is 5.60 Å². The van der Waals surface area contributed by atoms with Gasteiger partial charge in [0.15, 0.2) is 0 Å². The fourth-order valence-corrected chi connectivity index (χ4v) is 2.68. The van der Waals surface area contributed by atoms with Crippen LogP contribution in [0.25, 0.3) is 0 Å². The molecule has 3 heteroatoms. The number of hydrogen-bond acceptors (Lipinski definition) is 3. The smallest absolute Gasteiger partial charge is 0.119 e. The van der Waals surface area contributed by atoms with E-state index in [-0.39, 0.29) is 5.92 Å². The molecule has 2 atom stereocenters. The van der Waals surface area contributed by atoms with Gasteiger partial charge in [0, 0.05) is 12.5 Å². The van der Waals surface area contributed by atoms with Crippen molar-refractivity contribution in [3.8, 4) is 5.75 Å². The van der Waals surface area contributed by atoms with Crippen molar-refractivity contribution < 1.29 is 9.84 Å². The van der Waals surface area contributed by atoms with Crippen molar-refractivity contribution in [3.05, 3.63) is 29.8 Å². The summed E-state index contributed by atoms with van der Waals surface area (Å²) in [6, 6.07) is 7.81. The molecule has 1 aliphatic heterocycles. The van der Waals surface area contributed by atoms with Crippen LogP contribution in [0.4, 0.5) is 0 Å². The van der Waals surface area contributed by atoms with Crippen LogP contribution in [0.2, 0.25) is 0 Å². The maximum atomic E-state index is 10.9. The van der Waals surface area contributed by atoms with E-state index in [9.17, 15) is 5.11 Å². The standard InChI is InChI=1S/C14H21NO2/c1-3-11-10-15-8-7-14(11,16)12-5-4-6-13(9-12)17-2/h4-6,9,11,15-16H,3,7-8,10H2,1-2H3. The molecule has 1 saturated heterocycles. The molecule has 2 N–H and O–H groups in total. The Morgan fingerprint density at radius 2 is 2.35 bits per heavy atom. The van der Waals surface area contributed by atoms with Gasteiger partial charge in [0.1, 0.15) is 5.75 Å². The fourth-order valence-electron chi connectivity index (χ4n) is 2.68. The van der Waals surface area contributed by atoms with Gasteiger partial charge in [0.05, 0.1) is 12.7 Å². The molecule has 2 unspecified atom stereocenters. The minimum absolute atomic E-state index is 0.267. The monoisotopic (exact) mass is 235 g/mol. The molecule has 3 nitrogen and oxygen atoms in total. The van der Waals surface area contributed by atoms with Gasteiger partial charge in [-0.2, -0.15) is 0 Å². The molecular weight excluding hydrogens is 214 g/mol. The van der Waals surface area contributed by atoms with Gasteiger partial charge in [-0.1, -0.05) is 19.1 Å². The minimum Gasteiger partial charge on any atom is -0.497 e. The van der Waals surface area contributed by atoms with Gasteiger partial charge < -0.3 is 15.2 Å². The van der Waals surface area contributed by atoms with E-state index in [1.165, 1.54) is 0 Å². The third-order valence-corrected chi connectivity index (χ3v) is 3.81. The zero-order chi connectivity index (χ0) is 12.3. The third-order valence-electron chi connectivity index (χ3n) is 3.81. The summed E-state index contributed by atoms with van der Waals surface area (Å²) in [5, 5.41) is 14.3. The van der Waals surface area contributed by atoms with Crippen molar-refractivity contribution in [1.82, 2.24) is 5.32 Å². The first kappa shape index (κ1) is 12.4. The number of rotatable bonds is 3. The molecule has 1 heterocycles. The Morgan fingerprint density at radius 3 is 3.06 bits per heavy atom. The van der Waals surface area contributed by atoms with Gasteiger partial charge in [-0.25, -0.2) is 0 Å². The SMILES string of the molecule is CCC1CNCCC1(O)c1cccc(OC)c1. The maximum absolute atomic E-state index is 10.9. The number of nitrogens with one attached hydrogen (secondary N) is 1. The maximum Gasteiger partial charge on any atom is 0.119 e. The van der Waals surface area contributed by atoms with Crippen molar-refractivity contribution in [1.29, 1.82) is 0 Å². The summed E-state index contributed by atoms with van der Waals surface area (Å²) in [6.45, 7) is 3.87. The number of benzene rings is 1. The van der Waals surface area contributed by atoms with E-state index in [2.05, 4.69) is 12.2 Å². The van der Waals surface area contributed by atoms with E-state index in [1.807, 2.05) is 24.3 Å². The predicted molar refractivity (Wildman–Crippen MR) is 68.2 cm³/mol. The zero-order valence-electron chi connectivity index (χ0n) is 10.6.